The third-order valence-electron chi connectivity index (χ3n) is 4.54. The van der Waals surface area contributed by atoms with Crippen LogP contribution in [0.4, 0.5) is 0 Å². The van der Waals surface area contributed by atoms with Crippen LogP contribution in [0.5, 0.6) is 0 Å². The molecule has 1 fully saturated rings. The maximum atomic E-state index is 12.8. The zero-order chi connectivity index (χ0) is 15.8. The number of likely N-dealkylation sites (N-methyl/N-ethyl adjacent to an activating group) is 1. The molecule has 0 radical (unpaired) electrons. The monoisotopic (exact) mass is 369 g/mol. The molecule has 0 spiro atoms. The summed E-state index contributed by atoms with van der Waals surface area (Å²) in [6.07, 6.45) is 4.07. The van der Waals surface area contributed by atoms with Gasteiger partial charge in [-0.2, -0.15) is 0 Å². The fraction of sp³-hybridized carbons (Fsp3) is 0.941. The van der Waals surface area contributed by atoms with Gasteiger partial charge in [0.1, 0.15) is 0 Å². The summed E-state index contributed by atoms with van der Waals surface area (Å²) in [7, 11) is 0. The second-order valence-corrected chi connectivity index (χ2v) is 6.83. The molecule has 0 aliphatic heterocycles. The number of carbonyl (C=O) groups excluding carboxylic acids is 1. The molecule has 1 aliphatic rings. The van der Waals surface area contributed by atoms with Gasteiger partial charge >= 0.3 is 0 Å². The third-order valence-corrected chi connectivity index (χ3v) is 4.54. The first-order chi connectivity index (χ1) is 9.97. The molecular formula is C17H37Cl2N3O. The minimum Gasteiger partial charge on any atom is -0.341 e. The van der Waals surface area contributed by atoms with Crippen molar-refractivity contribution in [3.8, 4) is 0 Å². The fourth-order valence-corrected chi connectivity index (χ4v) is 3.24. The molecule has 0 saturated heterocycles. The number of nitrogens with zero attached hydrogens (tertiary/aromatic N) is 2. The molecule has 1 saturated carbocycles. The zero-order valence-electron chi connectivity index (χ0n) is 15.3. The second-order valence-electron chi connectivity index (χ2n) is 6.83. The molecular weight excluding hydrogens is 333 g/mol. The number of carbonyl (C=O) groups is 1. The highest BCUT2D eigenvalue weighted by molar-refractivity contribution is 5.85. The van der Waals surface area contributed by atoms with Gasteiger partial charge in [-0.15, -0.1) is 24.8 Å². The van der Waals surface area contributed by atoms with E-state index in [2.05, 4.69) is 37.5 Å². The molecule has 140 valence electrons. The van der Waals surface area contributed by atoms with E-state index in [4.69, 9.17) is 5.73 Å². The van der Waals surface area contributed by atoms with E-state index in [1.165, 1.54) is 0 Å². The molecule has 0 aromatic rings. The van der Waals surface area contributed by atoms with Gasteiger partial charge in [0.2, 0.25) is 5.91 Å². The van der Waals surface area contributed by atoms with Gasteiger partial charge < -0.3 is 15.5 Å². The molecule has 1 rings (SSSR count). The number of halogens is 2. The topological polar surface area (TPSA) is 49.6 Å². The van der Waals surface area contributed by atoms with E-state index >= 15 is 0 Å². The molecule has 0 bridgehead atoms. The van der Waals surface area contributed by atoms with Crippen LogP contribution >= 0.6 is 24.8 Å². The average Bonchev–Trinajstić information content (AvgIpc) is 2.46. The Morgan fingerprint density at radius 1 is 1.13 bits per heavy atom. The summed E-state index contributed by atoms with van der Waals surface area (Å²) in [6.45, 7) is 13.5. The minimum absolute atomic E-state index is 0. The highest BCUT2D eigenvalue weighted by Crippen LogP contribution is 2.25. The lowest BCUT2D eigenvalue weighted by molar-refractivity contribution is -0.137. The van der Waals surface area contributed by atoms with Gasteiger partial charge in [-0.3, -0.25) is 4.79 Å². The van der Waals surface area contributed by atoms with Crippen molar-refractivity contribution >= 4 is 30.7 Å². The van der Waals surface area contributed by atoms with E-state index in [9.17, 15) is 4.79 Å². The van der Waals surface area contributed by atoms with Crippen molar-refractivity contribution in [3.05, 3.63) is 0 Å². The molecule has 0 heterocycles. The van der Waals surface area contributed by atoms with Gasteiger partial charge in [0, 0.05) is 31.6 Å². The van der Waals surface area contributed by atoms with Crippen LogP contribution in [-0.4, -0.2) is 54.5 Å². The summed E-state index contributed by atoms with van der Waals surface area (Å²) in [5, 5.41) is 0. The van der Waals surface area contributed by atoms with Gasteiger partial charge in [0.25, 0.3) is 0 Å². The van der Waals surface area contributed by atoms with Crippen molar-refractivity contribution in [3.63, 3.8) is 0 Å². The van der Waals surface area contributed by atoms with Crippen molar-refractivity contribution in [2.24, 2.45) is 17.6 Å². The Hall–Kier alpha value is -0.0300. The van der Waals surface area contributed by atoms with Gasteiger partial charge in [-0.25, -0.2) is 0 Å². The Balaban J connectivity index is 0. The smallest absolute Gasteiger partial charge is 0.225 e. The SMILES string of the molecule is CCN(CC)CCN(CC(C)C)C(=O)C1CCCC(N)C1.Cl.Cl. The molecule has 1 aliphatic carbocycles. The Kier molecular flexibility index (Phi) is 14.6. The molecule has 6 heteroatoms. The lowest BCUT2D eigenvalue weighted by Gasteiger charge is -2.33. The number of hydrogen-bond acceptors (Lipinski definition) is 3. The van der Waals surface area contributed by atoms with Crippen LogP contribution in [0.15, 0.2) is 0 Å². The molecule has 1 amide bonds. The highest BCUT2D eigenvalue weighted by atomic mass is 35.5. The average molecular weight is 370 g/mol. The molecule has 2 atom stereocenters. The van der Waals surface area contributed by atoms with Crippen LogP contribution in [0.25, 0.3) is 0 Å². The maximum Gasteiger partial charge on any atom is 0.225 e. The third kappa shape index (κ3) is 9.13. The van der Waals surface area contributed by atoms with E-state index in [0.717, 1.165) is 58.4 Å². The van der Waals surface area contributed by atoms with Crippen LogP contribution in [0.3, 0.4) is 0 Å². The number of nitrogens with two attached hydrogens (primary N) is 1. The summed E-state index contributed by atoms with van der Waals surface area (Å²) in [5.41, 5.74) is 6.05. The van der Waals surface area contributed by atoms with E-state index < -0.39 is 0 Å². The quantitative estimate of drug-likeness (QED) is 0.714. The van der Waals surface area contributed by atoms with Crippen LogP contribution in [0.2, 0.25) is 0 Å². The Morgan fingerprint density at radius 3 is 2.22 bits per heavy atom. The lowest BCUT2D eigenvalue weighted by Crippen LogP contribution is -2.45. The van der Waals surface area contributed by atoms with E-state index in [1.54, 1.807) is 0 Å². The zero-order valence-corrected chi connectivity index (χ0v) is 16.9. The lowest BCUT2D eigenvalue weighted by atomic mass is 9.85. The van der Waals surface area contributed by atoms with E-state index in [1.807, 2.05) is 0 Å². The highest BCUT2D eigenvalue weighted by Gasteiger charge is 2.29. The predicted molar refractivity (Wildman–Crippen MR) is 104 cm³/mol. The minimum atomic E-state index is 0. The summed E-state index contributed by atoms with van der Waals surface area (Å²) < 4.78 is 0. The van der Waals surface area contributed by atoms with Crippen molar-refractivity contribution < 1.29 is 4.79 Å². The number of amides is 1. The first-order valence-corrected chi connectivity index (χ1v) is 8.74. The van der Waals surface area contributed by atoms with Crippen molar-refractivity contribution in [2.45, 2.75) is 59.4 Å². The largest absolute Gasteiger partial charge is 0.341 e. The normalized spacial score (nSPS) is 20.8. The molecule has 0 aromatic heterocycles. The second kappa shape index (κ2) is 13.3. The van der Waals surface area contributed by atoms with Gasteiger partial charge in [0.05, 0.1) is 0 Å². The van der Waals surface area contributed by atoms with Crippen LogP contribution < -0.4 is 5.73 Å². The number of hydrogen-bond donors (Lipinski definition) is 1. The Bertz CT molecular complexity index is 312. The van der Waals surface area contributed by atoms with Crippen LogP contribution in [-0.2, 0) is 4.79 Å². The molecule has 0 aromatic carbocycles. The first kappa shape index (κ1) is 25.2. The predicted octanol–water partition coefficient (Wildman–Crippen LogP) is 3.17. The Morgan fingerprint density at radius 2 is 1.74 bits per heavy atom. The number of rotatable bonds is 8. The summed E-state index contributed by atoms with van der Waals surface area (Å²) >= 11 is 0. The summed E-state index contributed by atoms with van der Waals surface area (Å²) in [6, 6.07) is 0.219. The molecule has 2 N–H and O–H groups in total. The maximum absolute atomic E-state index is 12.8. The first-order valence-electron chi connectivity index (χ1n) is 8.74. The van der Waals surface area contributed by atoms with Crippen molar-refractivity contribution in [1.29, 1.82) is 0 Å². The van der Waals surface area contributed by atoms with Crippen molar-refractivity contribution in [1.82, 2.24) is 9.80 Å². The van der Waals surface area contributed by atoms with Crippen LogP contribution in [0, 0.1) is 11.8 Å². The van der Waals surface area contributed by atoms with Crippen LogP contribution in [0.1, 0.15) is 53.4 Å². The molecule has 4 nitrogen and oxygen atoms in total. The Labute approximate surface area is 155 Å². The fourth-order valence-electron chi connectivity index (χ4n) is 3.24. The van der Waals surface area contributed by atoms with Gasteiger partial charge in [-0.05, 0) is 38.3 Å². The standard InChI is InChI=1S/C17H35N3O.2ClH/c1-5-19(6-2)10-11-20(13-14(3)4)17(21)15-8-7-9-16(18)12-15;;/h14-16H,5-13,18H2,1-4H3;2*1H. The summed E-state index contributed by atoms with van der Waals surface area (Å²) in [5.74, 6) is 1.01. The molecule has 2 unspecified atom stereocenters. The van der Waals surface area contributed by atoms with E-state index in [0.29, 0.717) is 11.8 Å². The van der Waals surface area contributed by atoms with Gasteiger partial charge in [-0.1, -0.05) is 34.1 Å². The van der Waals surface area contributed by atoms with Crippen molar-refractivity contribution in [2.75, 3.05) is 32.7 Å². The van der Waals surface area contributed by atoms with Gasteiger partial charge in [0.15, 0.2) is 0 Å². The van der Waals surface area contributed by atoms with E-state index in [-0.39, 0.29) is 36.8 Å². The molecule has 23 heavy (non-hydrogen) atoms. The summed E-state index contributed by atoms with van der Waals surface area (Å²) in [4.78, 5) is 17.3.